The van der Waals surface area contributed by atoms with Gasteiger partial charge < -0.3 is 15.2 Å². The van der Waals surface area contributed by atoms with E-state index in [0.717, 1.165) is 41.7 Å². The van der Waals surface area contributed by atoms with Gasteiger partial charge in [0.25, 0.3) is 0 Å². The maximum absolute atomic E-state index is 6.05. The minimum atomic E-state index is 0.170. The van der Waals surface area contributed by atoms with Crippen LogP contribution in [0.3, 0.4) is 0 Å². The summed E-state index contributed by atoms with van der Waals surface area (Å²) in [4.78, 5) is 0. The molecule has 0 heterocycles. The van der Waals surface area contributed by atoms with Crippen molar-refractivity contribution in [3.63, 3.8) is 0 Å². The smallest absolute Gasteiger partial charge is 0.136 e. The van der Waals surface area contributed by atoms with E-state index in [2.05, 4.69) is 42.8 Å². The van der Waals surface area contributed by atoms with Crippen LogP contribution >= 0.6 is 15.9 Å². The van der Waals surface area contributed by atoms with Crippen LogP contribution in [0.1, 0.15) is 39.2 Å². The third-order valence-electron chi connectivity index (χ3n) is 3.37. The first-order chi connectivity index (χ1) is 10.0. The van der Waals surface area contributed by atoms with Crippen molar-refractivity contribution in [1.82, 2.24) is 0 Å². The molecule has 21 heavy (non-hydrogen) atoms. The van der Waals surface area contributed by atoms with E-state index in [4.69, 9.17) is 15.2 Å². The van der Waals surface area contributed by atoms with Gasteiger partial charge in [-0.15, -0.1) is 0 Å². The van der Waals surface area contributed by atoms with Gasteiger partial charge in [-0.1, -0.05) is 32.9 Å². The summed E-state index contributed by atoms with van der Waals surface area (Å²) in [6.07, 6.45) is 2.88. The van der Waals surface area contributed by atoms with Crippen molar-refractivity contribution in [3.05, 3.63) is 28.2 Å². The van der Waals surface area contributed by atoms with E-state index in [-0.39, 0.29) is 6.04 Å². The van der Waals surface area contributed by atoms with Gasteiger partial charge in [-0.3, -0.25) is 0 Å². The number of hydrogen-bond donors (Lipinski definition) is 1. The van der Waals surface area contributed by atoms with E-state index in [0.29, 0.717) is 19.1 Å². The van der Waals surface area contributed by atoms with Crippen molar-refractivity contribution in [1.29, 1.82) is 0 Å². The van der Waals surface area contributed by atoms with Gasteiger partial charge in [0, 0.05) is 12.6 Å². The fourth-order valence-electron chi connectivity index (χ4n) is 1.93. The summed E-state index contributed by atoms with van der Waals surface area (Å²) in [5.74, 6) is 1.57. The second-order valence-electron chi connectivity index (χ2n) is 5.74. The van der Waals surface area contributed by atoms with Crippen LogP contribution in [0.15, 0.2) is 22.7 Å². The minimum absolute atomic E-state index is 0.170. The summed E-state index contributed by atoms with van der Waals surface area (Å²) < 4.78 is 12.5. The standard InChI is InChI=1S/C17H28BrNO2/c1-4-15(19)12-14-6-5-7-16(18)17(14)21-11-10-20-9-8-13(2)3/h5-7,13,15H,4,8-12,19H2,1-3H3. The molecule has 0 bridgehead atoms. The molecule has 2 N–H and O–H groups in total. The number of benzene rings is 1. The predicted octanol–water partition coefficient (Wildman–Crippen LogP) is 4.17. The van der Waals surface area contributed by atoms with E-state index in [9.17, 15) is 0 Å². The van der Waals surface area contributed by atoms with Crippen LogP contribution in [0, 0.1) is 5.92 Å². The molecule has 0 saturated heterocycles. The zero-order valence-electron chi connectivity index (χ0n) is 13.4. The van der Waals surface area contributed by atoms with Crippen molar-refractivity contribution in [3.8, 4) is 5.75 Å². The molecule has 0 amide bonds. The molecule has 0 fully saturated rings. The lowest BCUT2D eigenvalue weighted by Crippen LogP contribution is -2.22. The minimum Gasteiger partial charge on any atom is -0.490 e. The first-order valence-corrected chi connectivity index (χ1v) is 8.57. The molecule has 0 radical (unpaired) electrons. The summed E-state index contributed by atoms with van der Waals surface area (Å²) in [5.41, 5.74) is 7.20. The number of ether oxygens (including phenoxy) is 2. The molecule has 4 heteroatoms. The largest absolute Gasteiger partial charge is 0.490 e. The lowest BCUT2D eigenvalue weighted by Gasteiger charge is -2.16. The fraction of sp³-hybridized carbons (Fsp3) is 0.647. The molecule has 120 valence electrons. The van der Waals surface area contributed by atoms with Gasteiger partial charge in [0.2, 0.25) is 0 Å². The monoisotopic (exact) mass is 357 g/mol. The van der Waals surface area contributed by atoms with Gasteiger partial charge in [0.15, 0.2) is 0 Å². The third kappa shape index (κ3) is 7.30. The summed E-state index contributed by atoms with van der Waals surface area (Å²) >= 11 is 3.55. The molecule has 1 aromatic rings. The van der Waals surface area contributed by atoms with E-state index in [1.807, 2.05) is 12.1 Å². The normalized spacial score (nSPS) is 12.7. The SMILES string of the molecule is CCC(N)Cc1cccc(Br)c1OCCOCCC(C)C. The highest BCUT2D eigenvalue weighted by Gasteiger charge is 2.11. The molecular formula is C17H28BrNO2. The Labute approximate surface area is 137 Å². The van der Waals surface area contributed by atoms with Crippen LogP contribution < -0.4 is 10.5 Å². The van der Waals surface area contributed by atoms with E-state index >= 15 is 0 Å². The molecule has 0 aliphatic heterocycles. The Morgan fingerprint density at radius 2 is 1.95 bits per heavy atom. The number of para-hydroxylation sites is 1. The molecule has 3 nitrogen and oxygen atoms in total. The topological polar surface area (TPSA) is 44.5 Å². The van der Waals surface area contributed by atoms with Gasteiger partial charge in [-0.2, -0.15) is 0 Å². The molecular weight excluding hydrogens is 330 g/mol. The Hall–Kier alpha value is -0.580. The third-order valence-corrected chi connectivity index (χ3v) is 3.99. The molecule has 1 unspecified atom stereocenters. The van der Waals surface area contributed by atoms with Crippen molar-refractivity contribution in [2.24, 2.45) is 11.7 Å². The molecule has 1 rings (SSSR count). The molecule has 0 aliphatic carbocycles. The summed E-state index contributed by atoms with van der Waals surface area (Å²) in [6, 6.07) is 6.27. The van der Waals surface area contributed by atoms with Gasteiger partial charge in [-0.25, -0.2) is 0 Å². The average molecular weight is 358 g/mol. The van der Waals surface area contributed by atoms with Crippen LogP contribution in [0.2, 0.25) is 0 Å². The summed E-state index contributed by atoms with van der Waals surface area (Å²) in [6.45, 7) is 8.48. The van der Waals surface area contributed by atoms with Gasteiger partial charge in [0.05, 0.1) is 11.1 Å². The highest BCUT2D eigenvalue weighted by Crippen LogP contribution is 2.30. The Kier molecular flexibility index (Phi) is 8.97. The maximum Gasteiger partial charge on any atom is 0.136 e. The predicted molar refractivity (Wildman–Crippen MR) is 91.9 cm³/mol. The lowest BCUT2D eigenvalue weighted by molar-refractivity contribution is 0.0920. The van der Waals surface area contributed by atoms with Crippen LogP contribution in [-0.4, -0.2) is 25.9 Å². The van der Waals surface area contributed by atoms with Gasteiger partial charge in [-0.05, 0) is 52.7 Å². The van der Waals surface area contributed by atoms with Crippen LogP contribution in [-0.2, 0) is 11.2 Å². The van der Waals surface area contributed by atoms with Crippen molar-refractivity contribution in [2.75, 3.05) is 19.8 Å². The van der Waals surface area contributed by atoms with Crippen molar-refractivity contribution < 1.29 is 9.47 Å². The van der Waals surface area contributed by atoms with Gasteiger partial charge >= 0.3 is 0 Å². The van der Waals surface area contributed by atoms with E-state index in [1.54, 1.807) is 0 Å². The van der Waals surface area contributed by atoms with E-state index < -0.39 is 0 Å². The zero-order valence-corrected chi connectivity index (χ0v) is 15.0. The fourth-order valence-corrected chi connectivity index (χ4v) is 2.45. The molecule has 1 atom stereocenters. The maximum atomic E-state index is 6.05. The second kappa shape index (κ2) is 10.2. The zero-order chi connectivity index (χ0) is 15.7. The highest BCUT2D eigenvalue weighted by molar-refractivity contribution is 9.10. The molecule has 0 aliphatic rings. The Morgan fingerprint density at radius 3 is 2.62 bits per heavy atom. The summed E-state index contributed by atoms with van der Waals surface area (Å²) in [7, 11) is 0. The summed E-state index contributed by atoms with van der Waals surface area (Å²) in [5, 5.41) is 0. The van der Waals surface area contributed by atoms with Crippen LogP contribution in [0.4, 0.5) is 0 Å². The number of hydrogen-bond acceptors (Lipinski definition) is 3. The second-order valence-corrected chi connectivity index (χ2v) is 6.60. The quantitative estimate of drug-likeness (QED) is 0.639. The number of halogens is 1. The molecule has 1 aromatic carbocycles. The first-order valence-electron chi connectivity index (χ1n) is 7.78. The number of nitrogens with two attached hydrogens (primary N) is 1. The molecule has 0 saturated carbocycles. The molecule has 0 aromatic heterocycles. The molecule has 0 spiro atoms. The average Bonchev–Trinajstić information content (AvgIpc) is 2.44. The van der Waals surface area contributed by atoms with Gasteiger partial charge in [0.1, 0.15) is 12.4 Å². The Bertz CT molecular complexity index is 410. The Balaban J connectivity index is 2.46. The Morgan fingerprint density at radius 1 is 1.19 bits per heavy atom. The number of rotatable bonds is 10. The lowest BCUT2D eigenvalue weighted by atomic mass is 10.0. The van der Waals surface area contributed by atoms with Crippen molar-refractivity contribution in [2.45, 2.75) is 46.1 Å². The van der Waals surface area contributed by atoms with E-state index in [1.165, 1.54) is 0 Å². The first kappa shape index (κ1) is 18.5. The highest BCUT2D eigenvalue weighted by atomic mass is 79.9. The van der Waals surface area contributed by atoms with Crippen LogP contribution in [0.25, 0.3) is 0 Å². The van der Waals surface area contributed by atoms with Crippen LogP contribution in [0.5, 0.6) is 5.75 Å². The van der Waals surface area contributed by atoms with Crippen molar-refractivity contribution >= 4 is 15.9 Å².